The van der Waals surface area contributed by atoms with Crippen LogP contribution in [0, 0.1) is 0 Å². The lowest BCUT2D eigenvalue weighted by molar-refractivity contribution is -0.138. The van der Waals surface area contributed by atoms with Gasteiger partial charge in [-0.3, -0.25) is 4.79 Å². The summed E-state index contributed by atoms with van der Waals surface area (Å²) in [5.74, 6) is 0.130. The Labute approximate surface area is 147 Å². The fourth-order valence-corrected chi connectivity index (χ4v) is 2.53. The molecule has 0 aromatic heterocycles. The maximum absolute atomic E-state index is 12.3. The van der Waals surface area contributed by atoms with Gasteiger partial charge in [0.15, 0.2) is 18.1 Å². The molecule has 1 aromatic carbocycles. The number of morpholine rings is 1. The van der Waals surface area contributed by atoms with Crippen molar-refractivity contribution >= 4 is 18.0 Å². The van der Waals surface area contributed by atoms with Crippen molar-refractivity contribution < 1.29 is 28.5 Å². The number of hydrogen-bond acceptors (Lipinski definition) is 6. The van der Waals surface area contributed by atoms with Crippen LogP contribution in [0.2, 0.25) is 0 Å². The van der Waals surface area contributed by atoms with Crippen LogP contribution >= 0.6 is 0 Å². The summed E-state index contributed by atoms with van der Waals surface area (Å²) in [4.78, 5) is 26.0. The summed E-state index contributed by atoms with van der Waals surface area (Å²) < 4.78 is 21.0. The van der Waals surface area contributed by atoms with Crippen LogP contribution in [-0.2, 0) is 14.3 Å². The fraction of sp³-hybridized carbons (Fsp3) is 0.444. The van der Waals surface area contributed by atoms with E-state index in [0.717, 1.165) is 0 Å². The van der Waals surface area contributed by atoms with Crippen molar-refractivity contribution in [1.82, 2.24) is 4.90 Å². The first-order valence-corrected chi connectivity index (χ1v) is 8.02. The number of amides is 1. The minimum Gasteiger partial charge on any atom is -0.493 e. The molecule has 136 valence electrons. The van der Waals surface area contributed by atoms with Gasteiger partial charge in [0, 0.05) is 18.7 Å². The molecule has 1 heterocycles. The lowest BCUT2D eigenvalue weighted by Crippen LogP contribution is -2.42. The quantitative estimate of drug-likeness (QED) is 0.729. The molecule has 1 fully saturated rings. The second-order valence-electron chi connectivity index (χ2n) is 5.37. The Balaban J connectivity index is 2.10. The number of benzene rings is 1. The van der Waals surface area contributed by atoms with Gasteiger partial charge >= 0.3 is 5.97 Å². The monoisotopic (exact) mass is 349 g/mol. The van der Waals surface area contributed by atoms with Crippen molar-refractivity contribution in [2.45, 2.75) is 6.92 Å². The Bertz CT molecular complexity index is 649. The van der Waals surface area contributed by atoms with Gasteiger partial charge in [0.05, 0.1) is 33.0 Å². The van der Waals surface area contributed by atoms with Crippen molar-refractivity contribution in [1.29, 1.82) is 0 Å². The first-order valence-electron chi connectivity index (χ1n) is 8.02. The largest absolute Gasteiger partial charge is 0.493 e. The SMILES string of the molecule is C/C=C\c1cc(C(=O)OCC(=O)N2CCOCC2)cc(OC)c1OC. The molecule has 1 aliphatic heterocycles. The van der Waals surface area contributed by atoms with Crippen LogP contribution in [0.3, 0.4) is 0 Å². The molecular formula is C18H23NO6. The zero-order valence-corrected chi connectivity index (χ0v) is 14.7. The van der Waals surface area contributed by atoms with E-state index >= 15 is 0 Å². The molecule has 1 aromatic rings. The molecule has 1 aliphatic rings. The zero-order chi connectivity index (χ0) is 18.2. The van der Waals surface area contributed by atoms with Crippen LogP contribution in [0.15, 0.2) is 18.2 Å². The summed E-state index contributed by atoms with van der Waals surface area (Å²) in [7, 11) is 3.03. The van der Waals surface area contributed by atoms with E-state index < -0.39 is 5.97 Å². The molecule has 2 rings (SSSR count). The van der Waals surface area contributed by atoms with Crippen LogP contribution in [0.25, 0.3) is 6.08 Å². The van der Waals surface area contributed by atoms with E-state index in [9.17, 15) is 9.59 Å². The van der Waals surface area contributed by atoms with Crippen LogP contribution in [0.5, 0.6) is 11.5 Å². The molecule has 0 aliphatic carbocycles. The number of ether oxygens (including phenoxy) is 4. The van der Waals surface area contributed by atoms with Gasteiger partial charge in [0.25, 0.3) is 5.91 Å². The van der Waals surface area contributed by atoms with Gasteiger partial charge in [-0.05, 0) is 19.1 Å². The van der Waals surface area contributed by atoms with Gasteiger partial charge in [-0.15, -0.1) is 0 Å². The summed E-state index contributed by atoms with van der Waals surface area (Å²) in [5.41, 5.74) is 0.983. The Hall–Kier alpha value is -2.54. The summed E-state index contributed by atoms with van der Waals surface area (Å²) >= 11 is 0. The van der Waals surface area contributed by atoms with Crippen molar-refractivity contribution in [3.63, 3.8) is 0 Å². The second-order valence-corrected chi connectivity index (χ2v) is 5.37. The maximum Gasteiger partial charge on any atom is 0.338 e. The molecule has 0 spiro atoms. The first kappa shape index (κ1) is 18.8. The third kappa shape index (κ3) is 4.73. The standard InChI is InChI=1S/C18H23NO6/c1-4-5-13-10-14(11-15(22-2)17(13)23-3)18(21)25-12-16(20)19-6-8-24-9-7-19/h4-5,10-11H,6-9,12H2,1-3H3/b5-4-. The van der Waals surface area contributed by atoms with Gasteiger partial charge in [0.2, 0.25) is 0 Å². The molecule has 25 heavy (non-hydrogen) atoms. The van der Waals surface area contributed by atoms with Crippen molar-refractivity contribution in [2.24, 2.45) is 0 Å². The summed E-state index contributed by atoms with van der Waals surface area (Å²) in [5, 5.41) is 0. The van der Waals surface area contributed by atoms with Gasteiger partial charge < -0.3 is 23.8 Å². The van der Waals surface area contributed by atoms with Crippen molar-refractivity contribution in [3.8, 4) is 11.5 Å². The van der Waals surface area contributed by atoms with E-state index in [-0.39, 0.29) is 12.5 Å². The number of carbonyl (C=O) groups excluding carboxylic acids is 2. The first-order chi connectivity index (χ1) is 12.1. The molecule has 0 unspecified atom stereocenters. The average molecular weight is 349 g/mol. The summed E-state index contributed by atoms with van der Waals surface area (Å²) in [6.45, 7) is 3.59. The van der Waals surface area contributed by atoms with Crippen LogP contribution in [-0.4, -0.2) is 63.9 Å². The predicted octanol–water partition coefficient (Wildman–Crippen LogP) is 1.75. The average Bonchev–Trinajstić information content (AvgIpc) is 2.66. The Morgan fingerprint density at radius 1 is 1.20 bits per heavy atom. The van der Waals surface area contributed by atoms with Crippen LogP contribution in [0.1, 0.15) is 22.8 Å². The summed E-state index contributed by atoms with van der Waals surface area (Å²) in [6, 6.07) is 3.18. The Morgan fingerprint density at radius 3 is 2.52 bits per heavy atom. The molecule has 0 radical (unpaired) electrons. The highest BCUT2D eigenvalue weighted by molar-refractivity contribution is 5.93. The van der Waals surface area contributed by atoms with E-state index in [4.69, 9.17) is 18.9 Å². The minimum atomic E-state index is -0.590. The molecule has 0 saturated carbocycles. The highest BCUT2D eigenvalue weighted by Gasteiger charge is 2.20. The molecule has 0 N–H and O–H groups in total. The van der Waals surface area contributed by atoms with Gasteiger partial charge in [0.1, 0.15) is 0 Å². The van der Waals surface area contributed by atoms with E-state index in [1.165, 1.54) is 20.3 Å². The number of nitrogens with zero attached hydrogens (tertiary/aromatic N) is 1. The molecule has 0 atom stereocenters. The maximum atomic E-state index is 12.3. The highest BCUT2D eigenvalue weighted by Crippen LogP contribution is 2.33. The molecule has 1 amide bonds. The minimum absolute atomic E-state index is 0.231. The van der Waals surface area contributed by atoms with E-state index in [1.807, 2.05) is 13.0 Å². The summed E-state index contributed by atoms with van der Waals surface area (Å²) in [6.07, 6.45) is 3.63. The molecule has 7 nitrogen and oxygen atoms in total. The molecular weight excluding hydrogens is 326 g/mol. The van der Waals surface area contributed by atoms with Gasteiger partial charge in [-0.1, -0.05) is 12.2 Å². The van der Waals surface area contributed by atoms with Crippen LogP contribution < -0.4 is 9.47 Å². The van der Waals surface area contributed by atoms with Crippen molar-refractivity contribution in [2.75, 3.05) is 47.1 Å². The lowest BCUT2D eigenvalue weighted by Gasteiger charge is -2.26. The van der Waals surface area contributed by atoms with E-state index in [2.05, 4.69) is 0 Å². The number of allylic oxidation sites excluding steroid dienone is 1. The fourth-order valence-electron chi connectivity index (χ4n) is 2.53. The Morgan fingerprint density at radius 2 is 1.92 bits per heavy atom. The van der Waals surface area contributed by atoms with E-state index in [0.29, 0.717) is 48.9 Å². The molecule has 1 saturated heterocycles. The lowest BCUT2D eigenvalue weighted by atomic mass is 10.1. The van der Waals surface area contributed by atoms with Gasteiger partial charge in [-0.25, -0.2) is 4.79 Å². The highest BCUT2D eigenvalue weighted by atomic mass is 16.5. The number of esters is 1. The molecule has 0 bridgehead atoms. The number of rotatable bonds is 6. The van der Waals surface area contributed by atoms with Crippen LogP contribution in [0.4, 0.5) is 0 Å². The third-order valence-electron chi connectivity index (χ3n) is 3.78. The van der Waals surface area contributed by atoms with Gasteiger partial charge in [-0.2, -0.15) is 0 Å². The van der Waals surface area contributed by atoms with Crippen molar-refractivity contribution in [3.05, 3.63) is 29.3 Å². The normalized spacial score (nSPS) is 14.4. The molecule has 7 heteroatoms. The second kappa shape index (κ2) is 9.08. The van der Waals surface area contributed by atoms with E-state index in [1.54, 1.807) is 17.0 Å². The number of hydrogen-bond donors (Lipinski definition) is 0. The number of carbonyl (C=O) groups is 2. The third-order valence-corrected chi connectivity index (χ3v) is 3.78. The number of methoxy groups -OCH3 is 2. The predicted molar refractivity (Wildman–Crippen MR) is 91.9 cm³/mol. The topological polar surface area (TPSA) is 74.3 Å². The smallest absolute Gasteiger partial charge is 0.338 e. The Kier molecular flexibility index (Phi) is 6.82. The zero-order valence-electron chi connectivity index (χ0n) is 14.7.